The van der Waals surface area contributed by atoms with Crippen LogP contribution >= 0.6 is 0 Å². The standard InChI is InChI=1S/C22H26F2/c1-2-16-3-8-18(9-4-16)19-10-5-17(6-11-19)7-12-20-13-14-21(23)15-22(20)24/h5-6,10-11,13-16,18H,2-4,7-9,12H2,1H3. The Balaban J connectivity index is 1.57. The van der Waals surface area contributed by atoms with E-state index in [1.165, 1.54) is 49.3 Å². The largest absolute Gasteiger partial charge is 0.207 e. The first-order valence-corrected chi connectivity index (χ1v) is 9.18. The van der Waals surface area contributed by atoms with Gasteiger partial charge in [0.1, 0.15) is 11.6 Å². The highest BCUT2D eigenvalue weighted by Crippen LogP contribution is 2.36. The molecule has 0 aromatic heterocycles. The van der Waals surface area contributed by atoms with Crippen LogP contribution in [0.2, 0.25) is 0 Å². The van der Waals surface area contributed by atoms with Gasteiger partial charge >= 0.3 is 0 Å². The predicted octanol–water partition coefficient (Wildman–Crippen LogP) is 6.43. The average molecular weight is 328 g/mol. The Morgan fingerprint density at radius 1 is 0.875 bits per heavy atom. The van der Waals surface area contributed by atoms with Gasteiger partial charge in [0.15, 0.2) is 0 Å². The maximum absolute atomic E-state index is 13.7. The minimum absolute atomic E-state index is 0.445. The fourth-order valence-electron chi connectivity index (χ4n) is 3.86. The topological polar surface area (TPSA) is 0 Å². The van der Waals surface area contributed by atoms with Crippen LogP contribution in [0.15, 0.2) is 42.5 Å². The van der Waals surface area contributed by atoms with Crippen LogP contribution in [0.5, 0.6) is 0 Å². The molecular weight excluding hydrogens is 302 g/mol. The molecule has 1 aliphatic carbocycles. The summed E-state index contributed by atoms with van der Waals surface area (Å²) in [7, 11) is 0. The molecule has 0 saturated heterocycles. The molecule has 0 spiro atoms. The number of hydrogen-bond acceptors (Lipinski definition) is 0. The van der Waals surface area contributed by atoms with Gasteiger partial charge < -0.3 is 0 Å². The third-order valence-electron chi connectivity index (χ3n) is 5.57. The highest BCUT2D eigenvalue weighted by Gasteiger charge is 2.21. The normalized spacial score (nSPS) is 21.0. The van der Waals surface area contributed by atoms with Crippen LogP contribution in [0.1, 0.15) is 61.6 Å². The Hall–Kier alpha value is -1.70. The van der Waals surface area contributed by atoms with E-state index < -0.39 is 11.6 Å². The Morgan fingerprint density at radius 2 is 1.58 bits per heavy atom. The third kappa shape index (κ3) is 4.23. The third-order valence-corrected chi connectivity index (χ3v) is 5.57. The Bertz CT molecular complexity index is 652. The van der Waals surface area contributed by atoms with Gasteiger partial charge in [-0.15, -0.1) is 0 Å². The molecule has 2 aromatic carbocycles. The van der Waals surface area contributed by atoms with Gasteiger partial charge in [0.2, 0.25) is 0 Å². The lowest BCUT2D eigenvalue weighted by Gasteiger charge is -2.28. The summed E-state index contributed by atoms with van der Waals surface area (Å²) in [5.74, 6) is 0.667. The van der Waals surface area contributed by atoms with Crippen molar-refractivity contribution in [3.8, 4) is 0 Å². The van der Waals surface area contributed by atoms with Gasteiger partial charge in [0.25, 0.3) is 0 Å². The van der Waals surface area contributed by atoms with E-state index in [4.69, 9.17) is 0 Å². The van der Waals surface area contributed by atoms with E-state index in [0.29, 0.717) is 17.9 Å². The quantitative estimate of drug-likeness (QED) is 0.593. The zero-order valence-electron chi connectivity index (χ0n) is 14.4. The van der Waals surface area contributed by atoms with Crippen LogP contribution in [-0.4, -0.2) is 0 Å². The Labute approximate surface area is 143 Å². The Morgan fingerprint density at radius 3 is 2.21 bits per heavy atom. The maximum Gasteiger partial charge on any atom is 0.129 e. The first kappa shape index (κ1) is 17.1. The number of benzene rings is 2. The van der Waals surface area contributed by atoms with Gasteiger partial charge in [-0.3, -0.25) is 0 Å². The molecular formula is C22H26F2. The van der Waals surface area contributed by atoms with Crippen molar-refractivity contribution in [1.82, 2.24) is 0 Å². The van der Waals surface area contributed by atoms with E-state index in [-0.39, 0.29) is 0 Å². The zero-order chi connectivity index (χ0) is 16.9. The fraction of sp³-hybridized carbons (Fsp3) is 0.455. The highest BCUT2D eigenvalue weighted by atomic mass is 19.1. The molecule has 3 rings (SSSR count). The van der Waals surface area contributed by atoms with Crippen molar-refractivity contribution in [3.05, 3.63) is 70.8 Å². The van der Waals surface area contributed by atoms with Gasteiger partial charge in [-0.2, -0.15) is 0 Å². The van der Waals surface area contributed by atoms with Crippen molar-refractivity contribution in [3.63, 3.8) is 0 Å². The molecule has 1 saturated carbocycles. The fourth-order valence-corrected chi connectivity index (χ4v) is 3.86. The lowest BCUT2D eigenvalue weighted by Crippen LogP contribution is -2.12. The molecule has 2 aromatic rings. The summed E-state index contributed by atoms with van der Waals surface area (Å²) >= 11 is 0. The SMILES string of the molecule is CCC1CCC(c2ccc(CCc3ccc(F)cc3F)cc2)CC1. The molecule has 1 aliphatic rings. The van der Waals surface area contributed by atoms with Crippen LogP contribution in [0.4, 0.5) is 8.78 Å². The van der Waals surface area contributed by atoms with Crippen LogP contribution in [-0.2, 0) is 12.8 Å². The maximum atomic E-state index is 13.7. The van der Waals surface area contributed by atoms with E-state index in [2.05, 4.69) is 31.2 Å². The average Bonchev–Trinajstić information content (AvgIpc) is 2.62. The van der Waals surface area contributed by atoms with E-state index in [1.54, 1.807) is 6.07 Å². The number of rotatable bonds is 5. The first-order valence-electron chi connectivity index (χ1n) is 9.18. The minimum atomic E-state index is -0.515. The molecule has 0 aliphatic heterocycles. The molecule has 2 heteroatoms. The summed E-state index contributed by atoms with van der Waals surface area (Å²) in [4.78, 5) is 0. The van der Waals surface area contributed by atoms with Crippen LogP contribution in [0, 0.1) is 17.6 Å². The lowest BCUT2D eigenvalue weighted by molar-refractivity contribution is 0.319. The molecule has 1 fully saturated rings. The summed E-state index contributed by atoms with van der Waals surface area (Å²) in [6, 6.07) is 12.7. The molecule has 0 N–H and O–H groups in total. The molecule has 0 atom stereocenters. The summed E-state index contributed by atoms with van der Waals surface area (Å²) in [6.45, 7) is 2.30. The predicted molar refractivity (Wildman–Crippen MR) is 95.2 cm³/mol. The van der Waals surface area contributed by atoms with Crippen molar-refractivity contribution in [2.45, 2.75) is 57.8 Å². The highest BCUT2D eigenvalue weighted by molar-refractivity contribution is 5.27. The van der Waals surface area contributed by atoms with Gasteiger partial charge in [0, 0.05) is 6.07 Å². The second kappa shape index (κ2) is 7.92. The second-order valence-electron chi connectivity index (χ2n) is 7.10. The van der Waals surface area contributed by atoms with Crippen LogP contribution in [0.3, 0.4) is 0 Å². The lowest BCUT2D eigenvalue weighted by atomic mass is 9.78. The monoisotopic (exact) mass is 328 g/mol. The van der Waals surface area contributed by atoms with E-state index in [1.807, 2.05) is 0 Å². The van der Waals surface area contributed by atoms with Gasteiger partial charge in [-0.1, -0.05) is 43.7 Å². The molecule has 128 valence electrons. The summed E-state index contributed by atoms with van der Waals surface area (Å²) in [5, 5.41) is 0. The smallest absolute Gasteiger partial charge is 0.129 e. The number of hydrogen-bond donors (Lipinski definition) is 0. The van der Waals surface area contributed by atoms with Crippen molar-refractivity contribution < 1.29 is 8.78 Å². The molecule has 0 amide bonds. The second-order valence-corrected chi connectivity index (χ2v) is 7.10. The van der Waals surface area contributed by atoms with Gasteiger partial charge in [-0.25, -0.2) is 8.78 Å². The Kier molecular flexibility index (Phi) is 5.65. The van der Waals surface area contributed by atoms with Crippen LogP contribution < -0.4 is 0 Å². The molecule has 0 unspecified atom stereocenters. The molecule has 24 heavy (non-hydrogen) atoms. The number of halogens is 2. The molecule has 0 nitrogen and oxygen atoms in total. The van der Waals surface area contributed by atoms with Crippen molar-refractivity contribution in [2.24, 2.45) is 5.92 Å². The van der Waals surface area contributed by atoms with Gasteiger partial charge in [0.05, 0.1) is 0 Å². The van der Waals surface area contributed by atoms with Gasteiger partial charge in [-0.05, 0) is 73.1 Å². The zero-order valence-corrected chi connectivity index (χ0v) is 14.4. The molecule has 0 bridgehead atoms. The van der Waals surface area contributed by atoms with Crippen molar-refractivity contribution in [1.29, 1.82) is 0 Å². The van der Waals surface area contributed by atoms with E-state index in [0.717, 1.165) is 18.4 Å². The summed E-state index contributed by atoms with van der Waals surface area (Å²) in [6.07, 6.45) is 8.01. The van der Waals surface area contributed by atoms with Crippen molar-refractivity contribution in [2.75, 3.05) is 0 Å². The van der Waals surface area contributed by atoms with Crippen LogP contribution in [0.25, 0.3) is 0 Å². The minimum Gasteiger partial charge on any atom is -0.207 e. The van der Waals surface area contributed by atoms with Crippen molar-refractivity contribution >= 4 is 0 Å². The summed E-state index contributed by atoms with van der Waals surface area (Å²) < 4.78 is 26.6. The molecule has 0 radical (unpaired) electrons. The van der Waals surface area contributed by atoms with E-state index >= 15 is 0 Å². The number of aryl methyl sites for hydroxylation is 2. The molecule has 0 heterocycles. The first-order chi connectivity index (χ1) is 11.7. The summed E-state index contributed by atoms with van der Waals surface area (Å²) in [5.41, 5.74) is 3.24. The van der Waals surface area contributed by atoms with E-state index in [9.17, 15) is 8.78 Å².